The molecule has 4 aromatic rings. The van der Waals surface area contributed by atoms with Crippen molar-refractivity contribution in [2.24, 2.45) is 0 Å². The number of carbonyl (C=O) groups is 2. The third-order valence-corrected chi connectivity index (χ3v) is 6.04. The Morgan fingerprint density at radius 3 is 2.26 bits per heavy atom. The van der Waals surface area contributed by atoms with Crippen LogP contribution in [0, 0.1) is 27.7 Å². The summed E-state index contributed by atoms with van der Waals surface area (Å²) in [6.45, 7) is 8.10. The van der Waals surface area contributed by atoms with Gasteiger partial charge in [-0.1, -0.05) is 17.7 Å². The van der Waals surface area contributed by atoms with Crippen molar-refractivity contribution in [3.8, 4) is 5.69 Å². The van der Waals surface area contributed by atoms with Crippen LogP contribution in [0.25, 0.3) is 16.7 Å². The fourth-order valence-corrected chi connectivity index (χ4v) is 4.21. The number of hydrogen-bond donors (Lipinski definition) is 1. The SMILES string of the molecule is COC(=O)c1ccc(NC(=O)CCc2c(C)nc3c(c(C)nn3-c3ccc(C)cc3)c2C)cc1. The lowest BCUT2D eigenvalue weighted by molar-refractivity contribution is -0.116. The lowest BCUT2D eigenvalue weighted by Gasteiger charge is -2.12. The van der Waals surface area contributed by atoms with E-state index in [1.54, 1.807) is 24.3 Å². The molecule has 1 amide bonds. The zero-order valence-electron chi connectivity index (χ0n) is 20.1. The van der Waals surface area contributed by atoms with Gasteiger partial charge in [0.2, 0.25) is 5.91 Å². The molecule has 7 heteroatoms. The summed E-state index contributed by atoms with van der Waals surface area (Å²) in [5.41, 5.74) is 8.05. The number of anilines is 1. The van der Waals surface area contributed by atoms with Crippen molar-refractivity contribution in [3.63, 3.8) is 0 Å². The Morgan fingerprint density at radius 2 is 1.62 bits per heavy atom. The molecule has 2 aromatic carbocycles. The molecule has 7 nitrogen and oxygen atoms in total. The predicted molar refractivity (Wildman–Crippen MR) is 133 cm³/mol. The van der Waals surface area contributed by atoms with Crippen molar-refractivity contribution < 1.29 is 14.3 Å². The van der Waals surface area contributed by atoms with Crippen molar-refractivity contribution in [2.45, 2.75) is 40.5 Å². The number of methoxy groups -OCH3 is 1. The number of pyridine rings is 1. The Hall–Kier alpha value is -4.00. The Bertz CT molecular complexity index is 1370. The normalized spacial score (nSPS) is 11.0. The molecule has 34 heavy (non-hydrogen) atoms. The maximum atomic E-state index is 12.6. The molecule has 0 aliphatic heterocycles. The van der Waals surface area contributed by atoms with Crippen molar-refractivity contribution in [3.05, 3.63) is 82.2 Å². The van der Waals surface area contributed by atoms with E-state index in [0.717, 1.165) is 39.2 Å². The molecule has 0 spiro atoms. The molecule has 0 unspecified atom stereocenters. The molecule has 0 aliphatic carbocycles. The molecule has 0 aliphatic rings. The first kappa shape index (κ1) is 23.2. The van der Waals surface area contributed by atoms with Crippen molar-refractivity contribution in [2.75, 3.05) is 12.4 Å². The van der Waals surface area contributed by atoms with Crippen LogP contribution in [0.3, 0.4) is 0 Å². The average molecular weight is 457 g/mol. The maximum Gasteiger partial charge on any atom is 0.337 e. The van der Waals surface area contributed by atoms with Gasteiger partial charge in [0.15, 0.2) is 5.65 Å². The van der Waals surface area contributed by atoms with Crippen LogP contribution >= 0.6 is 0 Å². The number of nitrogens with one attached hydrogen (secondary N) is 1. The number of fused-ring (bicyclic) bond motifs is 1. The molecular weight excluding hydrogens is 428 g/mol. The molecule has 0 saturated heterocycles. The standard InChI is InChI=1S/C27H28N4O3/c1-16-6-12-22(13-7-16)31-26-25(19(4)30-31)17(2)23(18(3)28-26)14-15-24(32)29-21-10-8-20(9-11-21)27(33)34-5/h6-13H,14-15H2,1-5H3,(H,29,32). The van der Waals surface area contributed by atoms with Gasteiger partial charge in [-0.25, -0.2) is 14.5 Å². The third kappa shape index (κ3) is 4.55. The molecule has 2 heterocycles. The van der Waals surface area contributed by atoms with Gasteiger partial charge in [0.05, 0.1) is 24.1 Å². The number of nitrogens with zero attached hydrogens (tertiary/aromatic N) is 3. The number of ether oxygens (including phenoxy) is 1. The molecular formula is C27H28N4O3. The van der Waals surface area contributed by atoms with E-state index in [0.29, 0.717) is 24.1 Å². The fourth-order valence-electron chi connectivity index (χ4n) is 4.21. The topological polar surface area (TPSA) is 86.1 Å². The number of hydrogen-bond acceptors (Lipinski definition) is 5. The molecule has 4 rings (SSSR count). The summed E-state index contributed by atoms with van der Waals surface area (Å²) in [7, 11) is 1.34. The van der Waals surface area contributed by atoms with E-state index in [4.69, 9.17) is 14.8 Å². The average Bonchev–Trinajstić information content (AvgIpc) is 3.15. The van der Waals surface area contributed by atoms with E-state index in [1.807, 2.05) is 30.7 Å². The van der Waals surface area contributed by atoms with Crippen LogP contribution in [-0.2, 0) is 16.0 Å². The second-order valence-corrected chi connectivity index (χ2v) is 8.45. The van der Waals surface area contributed by atoms with Gasteiger partial charge in [0.1, 0.15) is 0 Å². The van der Waals surface area contributed by atoms with Gasteiger partial charge in [0, 0.05) is 23.2 Å². The van der Waals surface area contributed by atoms with Gasteiger partial charge in [-0.05, 0) is 81.6 Å². The maximum absolute atomic E-state index is 12.6. The van der Waals surface area contributed by atoms with Crippen LogP contribution in [0.5, 0.6) is 0 Å². The minimum atomic E-state index is -0.410. The van der Waals surface area contributed by atoms with Gasteiger partial charge in [0.25, 0.3) is 0 Å². The van der Waals surface area contributed by atoms with Gasteiger partial charge in [-0.3, -0.25) is 4.79 Å². The van der Waals surface area contributed by atoms with Crippen LogP contribution < -0.4 is 5.32 Å². The van der Waals surface area contributed by atoms with Crippen LogP contribution in [0.4, 0.5) is 5.69 Å². The van der Waals surface area contributed by atoms with Crippen molar-refractivity contribution in [1.29, 1.82) is 0 Å². The van der Waals surface area contributed by atoms with Gasteiger partial charge >= 0.3 is 5.97 Å². The first-order valence-electron chi connectivity index (χ1n) is 11.2. The number of carbonyl (C=O) groups excluding carboxylic acids is 2. The molecule has 174 valence electrons. The Labute approximate surface area is 198 Å². The molecule has 2 aromatic heterocycles. The second-order valence-electron chi connectivity index (χ2n) is 8.45. The fraction of sp³-hybridized carbons (Fsp3) is 0.259. The number of aromatic nitrogens is 3. The summed E-state index contributed by atoms with van der Waals surface area (Å²) >= 11 is 0. The van der Waals surface area contributed by atoms with E-state index < -0.39 is 5.97 Å². The summed E-state index contributed by atoms with van der Waals surface area (Å²) in [4.78, 5) is 29.0. The minimum Gasteiger partial charge on any atom is -0.465 e. The number of esters is 1. The molecule has 0 fully saturated rings. The quantitative estimate of drug-likeness (QED) is 0.412. The Kier molecular flexibility index (Phi) is 6.45. The molecule has 0 radical (unpaired) electrons. The zero-order chi connectivity index (χ0) is 24.4. The largest absolute Gasteiger partial charge is 0.465 e. The lowest BCUT2D eigenvalue weighted by Crippen LogP contribution is -2.13. The van der Waals surface area contributed by atoms with Crippen LogP contribution in [-0.4, -0.2) is 33.8 Å². The molecule has 0 saturated carbocycles. The number of amides is 1. The Balaban J connectivity index is 1.53. The van der Waals surface area contributed by atoms with E-state index >= 15 is 0 Å². The van der Waals surface area contributed by atoms with Crippen LogP contribution in [0.15, 0.2) is 48.5 Å². The smallest absolute Gasteiger partial charge is 0.337 e. The second kappa shape index (κ2) is 9.47. The Morgan fingerprint density at radius 1 is 0.941 bits per heavy atom. The van der Waals surface area contributed by atoms with E-state index in [2.05, 4.69) is 31.3 Å². The van der Waals surface area contributed by atoms with Crippen LogP contribution in [0.1, 0.15) is 44.9 Å². The summed E-state index contributed by atoms with van der Waals surface area (Å²) in [6, 6.07) is 14.9. The van der Waals surface area contributed by atoms with Crippen molar-refractivity contribution in [1.82, 2.24) is 14.8 Å². The monoisotopic (exact) mass is 456 g/mol. The first-order chi connectivity index (χ1) is 16.3. The number of aryl methyl sites for hydroxylation is 4. The lowest BCUT2D eigenvalue weighted by atomic mass is 9.99. The summed E-state index contributed by atoms with van der Waals surface area (Å²) in [5.74, 6) is -0.510. The number of rotatable bonds is 6. The highest BCUT2D eigenvalue weighted by Crippen LogP contribution is 2.28. The highest BCUT2D eigenvalue weighted by Gasteiger charge is 2.18. The van der Waals surface area contributed by atoms with Gasteiger partial charge < -0.3 is 10.1 Å². The molecule has 1 N–H and O–H groups in total. The highest BCUT2D eigenvalue weighted by atomic mass is 16.5. The third-order valence-electron chi connectivity index (χ3n) is 6.04. The summed E-state index contributed by atoms with van der Waals surface area (Å²) in [5, 5.41) is 8.67. The van der Waals surface area contributed by atoms with E-state index in [-0.39, 0.29) is 5.91 Å². The van der Waals surface area contributed by atoms with Gasteiger partial charge in [-0.2, -0.15) is 5.10 Å². The predicted octanol–water partition coefficient (Wildman–Crippen LogP) is 5.01. The minimum absolute atomic E-state index is 0.100. The highest BCUT2D eigenvalue weighted by molar-refractivity contribution is 5.93. The van der Waals surface area contributed by atoms with E-state index in [1.165, 1.54) is 12.7 Å². The van der Waals surface area contributed by atoms with Gasteiger partial charge in [-0.15, -0.1) is 0 Å². The zero-order valence-corrected chi connectivity index (χ0v) is 20.1. The van der Waals surface area contributed by atoms with Crippen LogP contribution in [0.2, 0.25) is 0 Å². The van der Waals surface area contributed by atoms with Crippen molar-refractivity contribution >= 4 is 28.6 Å². The summed E-state index contributed by atoms with van der Waals surface area (Å²) < 4.78 is 6.59. The summed E-state index contributed by atoms with van der Waals surface area (Å²) in [6.07, 6.45) is 0.889. The first-order valence-corrected chi connectivity index (χ1v) is 11.2. The molecule has 0 atom stereocenters. The number of benzene rings is 2. The molecule has 0 bridgehead atoms. The van der Waals surface area contributed by atoms with E-state index in [9.17, 15) is 9.59 Å².